The van der Waals surface area contributed by atoms with Crippen LogP contribution in [-0.4, -0.2) is 17.4 Å². The summed E-state index contributed by atoms with van der Waals surface area (Å²) in [6.45, 7) is 7.12. The van der Waals surface area contributed by atoms with E-state index in [2.05, 4.69) is 26.1 Å². The minimum atomic E-state index is -0.550. The maximum Gasteiger partial charge on any atom is 0.233 e. The van der Waals surface area contributed by atoms with E-state index >= 15 is 0 Å². The van der Waals surface area contributed by atoms with Gasteiger partial charge in [0.25, 0.3) is 0 Å². The third-order valence-electron chi connectivity index (χ3n) is 3.31. The van der Waals surface area contributed by atoms with Crippen LogP contribution in [0, 0.1) is 17.3 Å². The molecule has 1 fully saturated rings. The first kappa shape index (κ1) is 13.4. The largest absolute Gasteiger partial charge is 0.392 e. The van der Waals surface area contributed by atoms with E-state index in [0.29, 0.717) is 16.8 Å². The first-order valence-corrected chi connectivity index (χ1v) is 6.37. The molecular formula is C12H22N2OS. The molecular weight excluding hydrogens is 220 g/mol. The summed E-state index contributed by atoms with van der Waals surface area (Å²) in [6.07, 6.45) is 2.60. The van der Waals surface area contributed by atoms with Crippen molar-refractivity contribution in [2.24, 2.45) is 23.0 Å². The molecule has 1 rings (SSSR count). The van der Waals surface area contributed by atoms with Crippen LogP contribution in [0.25, 0.3) is 0 Å². The molecule has 3 nitrogen and oxygen atoms in total. The van der Waals surface area contributed by atoms with Crippen LogP contribution in [0.1, 0.15) is 40.0 Å². The van der Waals surface area contributed by atoms with Gasteiger partial charge in [0.2, 0.25) is 5.91 Å². The van der Waals surface area contributed by atoms with Gasteiger partial charge < -0.3 is 11.1 Å². The van der Waals surface area contributed by atoms with Crippen LogP contribution in [0.5, 0.6) is 0 Å². The maximum absolute atomic E-state index is 12.0. The fraction of sp³-hybridized carbons (Fsp3) is 0.833. The molecule has 3 N–H and O–H groups in total. The highest BCUT2D eigenvalue weighted by molar-refractivity contribution is 7.80. The molecule has 0 radical (unpaired) electrons. The normalized spacial score (nSPS) is 28.6. The monoisotopic (exact) mass is 242 g/mol. The molecule has 0 aliphatic heterocycles. The highest BCUT2D eigenvalue weighted by atomic mass is 32.1. The Balaban J connectivity index is 2.48. The van der Waals surface area contributed by atoms with Crippen molar-refractivity contribution >= 4 is 23.1 Å². The van der Waals surface area contributed by atoms with Crippen LogP contribution in [0.15, 0.2) is 0 Å². The Bertz CT molecular complexity index is 283. The number of thiocarbonyl (C=S) groups is 1. The van der Waals surface area contributed by atoms with Gasteiger partial charge >= 0.3 is 0 Å². The highest BCUT2D eigenvalue weighted by Gasteiger charge is 2.50. The summed E-state index contributed by atoms with van der Waals surface area (Å²) in [5, 5.41) is 2.95. The smallest absolute Gasteiger partial charge is 0.233 e. The summed E-state index contributed by atoms with van der Waals surface area (Å²) in [4.78, 5) is 12.4. The van der Waals surface area contributed by atoms with Crippen molar-refractivity contribution in [2.45, 2.75) is 40.0 Å². The molecule has 4 heteroatoms. The minimum absolute atomic E-state index is 0.0266. The maximum atomic E-state index is 12.0. The van der Waals surface area contributed by atoms with Crippen LogP contribution in [0.3, 0.4) is 0 Å². The first-order chi connectivity index (χ1) is 7.38. The average Bonchev–Trinajstić information content (AvgIpc) is 2.11. The second kappa shape index (κ2) is 5.13. The lowest BCUT2D eigenvalue weighted by Gasteiger charge is -2.44. The van der Waals surface area contributed by atoms with Gasteiger partial charge in [-0.25, -0.2) is 0 Å². The molecule has 0 unspecified atom stereocenters. The van der Waals surface area contributed by atoms with E-state index in [-0.39, 0.29) is 5.91 Å². The minimum Gasteiger partial charge on any atom is -0.392 e. The Morgan fingerprint density at radius 1 is 1.56 bits per heavy atom. The zero-order valence-electron chi connectivity index (χ0n) is 10.4. The Kier molecular flexibility index (Phi) is 4.30. The Morgan fingerprint density at radius 3 is 2.50 bits per heavy atom. The molecule has 1 saturated carbocycles. The van der Waals surface area contributed by atoms with E-state index in [9.17, 15) is 4.79 Å². The number of carbonyl (C=O) groups excluding carboxylic acids is 1. The van der Waals surface area contributed by atoms with Gasteiger partial charge in [-0.2, -0.15) is 0 Å². The molecule has 1 aliphatic rings. The lowest BCUT2D eigenvalue weighted by atomic mass is 9.62. The van der Waals surface area contributed by atoms with Crippen LogP contribution < -0.4 is 11.1 Å². The SMILES string of the molecule is CC(C)CCNC(=O)C1(C(N)=S)CC(C)C1. The van der Waals surface area contributed by atoms with Gasteiger partial charge in [0.1, 0.15) is 0 Å². The van der Waals surface area contributed by atoms with E-state index in [1.54, 1.807) is 0 Å². The predicted molar refractivity (Wildman–Crippen MR) is 70.1 cm³/mol. The van der Waals surface area contributed by atoms with Crippen LogP contribution >= 0.6 is 12.2 Å². The lowest BCUT2D eigenvalue weighted by Crippen LogP contribution is -2.56. The molecule has 0 bridgehead atoms. The number of rotatable bonds is 5. The zero-order chi connectivity index (χ0) is 12.3. The summed E-state index contributed by atoms with van der Waals surface area (Å²) < 4.78 is 0. The summed E-state index contributed by atoms with van der Waals surface area (Å²) in [7, 11) is 0. The van der Waals surface area contributed by atoms with E-state index in [1.807, 2.05) is 0 Å². The number of hydrogen-bond donors (Lipinski definition) is 2. The van der Waals surface area contributed by atoms with Gasteiger partial charge in [-0.15, -0.1) is 0 Å². The fourth-order valence-electron chi connectivity index (χ4n) is 2.27. The molecule has 0 aromatic heterocycles. The summed E-state index contributed by atoms with van der Waals surface area (Å²) in [5.74, 6) is 1.18. The Morgan fingerprint density at radius 2 is 2.12 bits per heavy atom. The fourth-order valence-corrected chi connectivity index (χ4v) is 2.53. The predicted octanol–water partition coefficient (Wildman–Crippen LogP) is 1.85. The van der Waals surface area contributed by atoms with Gasteiger partial charge in [-0.3, -0.25) is 4.79 Å². The van der Waals surface area contributed by atoms with Crippen molar-refractivity contribution in [3.05, 3.63) is 0 Å². The third kappa shape index (κ3) is 2.73. The van der Waals surface area contributed by atoms with Gasteiger partial charge in [-0.05, 0) is 31.1 Å². The summed E-state index contributed by atoms with van der Waals surface area (Å²) >= 11 is 5.03. The summed E-state index contributed by atoms with van der Waals surface area (Å²) in [6, 6.07) is 0. The van der Waals surface area contributed by atoms with Crippen LogP contribution in [0.2, 0.25) is 0 Å². The topological polar surface area (TPSA) is 55.1 Å². The standard InChI is InChI=1S/C12H22N2OS/c1-8(2)4-5-14-11(15)12(10(13)16)6-9(3)7-12/h8-9H,4-7H2,1-3H3,(H2,13,16)(H,14,15). The third-order valence-corrected chi connectivity index (χ3v) is 3.70. The van der Waals surface area contributed by atoms with Crippen molar-refractivity contribution in [2.75, 3.05) is 6.54 Å². The molecule has 92 valence electrons. The second-order valence-electron chi connectivity index (χ2n) is 5.40. The van der Waals surface area contributed by atoms with Gasteiger partial charge in [0.15, 0.2) is 0 Å². The molecule has 0 aromatic rings. The second-order valence-corrected chi connectivity index (χ2v) is 5.84. The number of hydrogen-bond acceptors (Lipinski definition) is 2. The quantitative estimate of drug-likeness (QED) is 0.723. The molecule has 1 amide bonds. The van der Waals surface area contributed by atoms with Gasteiger partial charge in [-0.1, -0.05) is 33.0 Å². The molecule has 1 aliphatic carbocycles. The van der Waals surface area contributed by atoms with E-state index in [0.717, 1.165) is 25.8 Å². The molecule has 0 spiro atoms. The molecule has 16 heavy (non-hydrogen) atoms. The lowest BCUT2D eigenvalue weighted by molar-refractivity contribution is -0.132. The molecule has 0 aromatic carbocycles. The summed E-state index contributed by atoms with van der Waals surface area (Å²) in [5.41, 5.74) is 5.15. The zero-order valence-corrected chi connectivity index (χ0v) is 11.2. The molecule has 0 atom stereocenters. The van der Waals surface area contributed by atoms with Crippen molar-refractivity contribution in [1.82, 2.24) is 5.32 Å². The van der Waals surface area contributed by atoms with E-state index < -0.39 is 5.41 Å². The van der Waals surface area contributed by atoms with Crippen molar-refractivity contribution in [1.29, 1.82) is 0 Å². The number of nitrogens with two attached hydrogens (primary N) is 1. The number of carbonyl (C=O) groups is 1. The Hall–Kier alpha value is -0.640. The van der Waals surface area contributed by atoms with Gasteiger partial charge in [0, 0.05) is 6.54 Å². The van der Waals surface area contributed by atoms with E-state index in [1.165, 1.54) is 0 Å². The highest BCUT2D eigenvalue weighted by Crippen LogP contribution is 2.45. The van der Waals surface area contributed by atoms with Crippen LogP contribution in [0.4, 0.5) is 0 Å². The van der Waals surface area contributed by atoms with E-state index in [4.69, 9.17) is 18.0 Å². The van der Waals surface area contributed by atoms with Gasteiger partial charge in [0.05, 0.1) is 10.4 Å². The molecule has 0 saturated heterocycles. The Labute approximate surface area is 103 Å². The average molecular weight is 242 g/mol. The van der Waals surface area contributed by atoms with Crippen molar-refractivity contribution < 1.29 is 4.79 Å². The van der Waals surface area contributed by atoms with Crippen LogP contribution in [-0.2, 0) is 4.79 Å². The number of amides is 1. The van der Waals surface area contributed by atoms with Crippen molar-refractivity contribution in [3.8, 4) is 0 Å². The molecule has 0 heterocycles. The first-order valence-electron chi connectivity index (χ1n) is 5.96. The van der Waals surface area contributed by atoms with Crippen molar-refractivity contribution in [3.63, 3.8) is 0 Å². The number of nitrogens with one attached hydrogen (secondary N) is 1.